The van der Waals surface area contributed by atoms with Gasteiger partial charge in [0.05, 0.1) is 6.54 Å². The number of guanidine groups is 1. The average Bonchev–Trinajstić information content (AvgIpc) is 2.78. The molecule has 174 valence electrons. The Kier molecular flexibility index (Phi) is 10.5. The highest BCUT2D eigenvalue weighted by molar-refractivity contribution is 5.94. The molecule has 2 aromatic carbocycles. The quantitative estimate of drug-likeness (QED) is 0.368. The molecule has 1 atom stereocenters. The zero-order valence-corrected chi connectivity index (χ0v) is 19.3. The third-order valence-electron chi connectivity index (χ3n) is 4.77. The molecule has 0 saturated carbocycles. The molecule has 0 spiro atoms. The van der Waals surface area contributed by atoms with E-state index in [-0.39, 0.29) is 17.8 Å². The molecule has 32 heavy (non-hydrogen) atoms. The minimum Gasteiger partial charge on any atom is -0.489 e. The predicted octanol–water partition coefficient (Wildman–Crippen LogP) is 2.64. The molecule has 2 rings (SSSR count). The Labute approximate surface area is 190 Å². The van der Waals surface area contributed by atoms with Crippen LogP contribution in [0.2, 0.25) is 0 Å². The number of benzene rings is 2. The SMILES string of the molecule is CCC(CNC(=NC)NCc1cccc(C(=O)NCCN(C)C)c1)Oc1cccc(F)c1. The van der Waals surface area contributed by atoms with Crippen LogP contribution in [0.1, 0.15) is 29.3 Å². The van der Waals surface area contributed by atoms with Crippen molar-refractivity contribution in [2.24, 2.45) is 4.99 Å². The van der Waals surface area contributed by atoms with Crippen LogP contribution in [0.15, 0.2) is 53.5 Å². The molecule has 1 amide bonds. The van der Waals surface area contributed by atoms with E-state index in [9.17, 15) is 9.18 Å². The molecule has 7 nitrogen and oxygen atoms in total. The molecule has 1 unspecified atom stereocenters. The van der Waals surface area contributed by atoms with Crippen LogP contribution < -0.4 is 20.7 Å². The summed E-state index contributed by atoms with van der Waals surface area (Å²) in [5, 5.41) is 9.41. The number of amides is 1. The van der Waals surface area contributed by atoms with Gasteiger partial charge in [0.2, 0.25) is 0 Å². The van der Waals surface area contributed by atoms with Crippen LogP contribution in [0.25, 0.3) is 0 Å². The second-order valence-electron chi connectivity index (χ2n) is 7.67. The minimum absolute atomic E-state index is 0.0866. The molecular formula is C24H34FN5O2. The highest BCUT2D eigenvalue weighted by atomic mass is 19.1. The number of nitrogens with one attached hydrogen (secondary N) is 3. The molecule has 8 heteroatoms. The lowest BCUT2D eigenvalue weighted by Gasteiger charge is -2.20. The van der Waals surface area contributed by atoms with Crippen molar-refractivity contribution in [3.05, 3.63) is 65.5 Å². The fourth-order valence-electron chi connectivity index (χ4n) is 2.94. The number of rotatable bonds is 11. The number of halogens is 1. The Morgan fingerprint density at radius 2 is 1.91 bits per heavy atom. The summed E-state index contributed by atoms with van der Waals surface area (Å²) in [6, 6.07) is 13.6. The largest absolute Gasteiger partial charge is 0.489 e. The van der Waals surface area contributed by atoms with Crippen LogP contribution in [0.4, 0.5) is 4.39 Å². The van der Waals surface area contributed by atoms with E-state index in [0.717, 1.165) is 18.5 Å². The van der Waals surface area contributed by atoms with Crippen molar-refractivity contribution in [1.82, 2.24) is 20.9 Å². The molecule has 0 heterocycles. The van der Waals surface area contributed by atoms with Gasteiger partial charge in [0.15, 0.2) is 5.96 Å². The first-order valence-electron chi connectivity index (χ1n) is 10.8. The lowest BCUT2D eigenvalue weighted by molar-refractivity contribution is 0.0951. The molecule has 0 aliphatic carbocycles. The maximum absolute atomic E-state index is 13.4. The van der Waals surface area contributed by atoms with Crippen LogP contribution in [0, 0.1) is 5.82 Å². The summed E-state index contributed by atoms with van der Waals surface area (Å²) >= 11 is 0. The van der Waals surface area contributed by atoms with E-state index in [2.05, 4.69) is 20.9 Å². The van der Waals surface area contributed by atoms with Gasteiger partial charge in [-0.25, -0.2) is 4.39 Å². The third kappa shape index (κ3) is 8.93. The molecule has 2 aromatic rings. The summed E-state index contributed by atoms with van der Waals surface area (Å²) in [5.41, 5.74) is 1.59. The Balaban J connectivity index is 1.84. The topological polar surface area (TPSA) is 78.0 Å². The number of ether oxygens (including phenoxy) is 1. The zero-order chi connectivity index (χ0) is 23.3. The van der Waals surface area contributed by atoms with Gasteiger partial charge >= 0.3 is 0 Å². The number of carbonyl (C=O) groups is 1. The summed E-state index contributed by atoms with van der Waals surface area (Å²) in [5.74, 6) is 0.710. The Hall–Kier alpha value is -3.13. The molecule has 3 N–H and O–H groups in total. The molecule has 0 saturated heterocycles. The molecule has 0 aliphatic heterocycles. The van der Waals surface area contributed by atoms with Crippen LogP contribution in [0.3, 0.4) is 0 Å². The lowest BCUT2D eigenvalue weighted by Crippen LogP contribution is -2.42. The first-order valence-corrected chi connectivity index (χ1v) is 10.8. The Morgan fingerprint density at radius 1 is 1.12 bits per heavy atom. The van der Waals surface area contributed by atoms with Gasteiger partial charge in [-0.15, -0.1) is 0 Å². The van der Waals surface area contributed by atoms with E-state index >= 15 is 0 Å². The first-order chi connectivity index (χ1) is 15.4. The molecule has 0 radical (unpaired) electrons. The maximum atomic E-state index is 13.4. The second kappa shape index (κ2) is 13.3. The van der Waals surface area contributed by atoms with Crippen LogP contribution in [-0.4, -0.2) is 63.6 Å². The highest BCUT2D eigenvalue weighted by Gasteiger charge is 2.11. The molecule has 0 aromatic heterocycles. The van der Waals surface area contributed by atoms with Gasteiger partial charge in [-0.1, -0.05) is 25.1 Å². The van der Waals surface area contributed by atoms with E-state index in [4.69, 9.17) is 4.74 Å². The van der Waals surface area contributed by atoms with E-state index in [1.54, 1.807) is 25.2 Å². The molecule has 0 aliphatic rings. The average molecular weight is 444 g/mol. The summed E-state index contributed by atoms with van der Waals surface area (Å²) in [4.78, 5) is 18.6. The monoisotopic (exact) mass is 443 g/mol. The molecule has 0 bridgehead atoms. The van der Waals surface area contributed by atoms with Gasteiger partial charge in [0.1, 0.15) is 17.7 Å². The fourth-order valence-corrected chi connectivity index (χ4v) is 2.94. The number of nitrogens with zero attached hydrogens (tertiary/aromatic N) is 2. The van der Waals surface area contributed by atoms with Crippen molar-refractivity contribution in [3.8, 4) is 5.75 Å². The van der Waals surface area contributed by atoms with Gasteiger partial charge in [0.25, 0.3) is 5.91 Å². The summed E-state index contributed by atoms with van der Waals surface area (Å²) in [6.45, 7) is 4.43. The molecular weight excluding hydrogens is 409 g/mol. The summed E-state index contributed by atoms with van der Waals surface area (Å²) < 4.78 is 19.2. The van der Waals surface area contributed by atoms with Crippen LogP contribution in [-0.2, 0) is 6.54 Å². The van der Waals surface area contributed by atoms with E-state index in [1.807, 2.05) is 44.1 Å². The Morgan fingerprint density at radius 3 is 2.59 bits per heavy atom. The number of hydrogen-bond donors (Lipinski definition) is 3. The molecule has 0 fully saturated rings. The Bertz CT molecular complexity index is 888. The van der Waals surface area contributed by atoms with Crippen LogP contribution in [0.5, 0.6) is 5.75 Å². The fraction of sp³-hybridized carbons (Fsp3) is 0.417. The highest BCUT2D eigenvalue weighted by Crippen LogP contribution is 2.14. The van der Waals surface area contributed by atoms with Crippen molar-refractivity contribution >= 4 is 11.9 Å². The standard InChI is InChI=1S/C24H34FN5O2/c1-5-21(32-22-11-7-10-20(25)15-22)17-29-24(26-2)28-16-18-8-6-9-19(14-18)23(31)27-12-13-30(3)4/h6-11,14-15,21H,5,12-13,16-17H2,1-4H3,(H,27,31)(H2,26,28,29). The first kappa shape index (κ1) is 25.1. The van der Waals surface area contributed by atoms with Gasteiger partial charge in [-0.2, -0.15) is 0 Å². The van der Waals surface area contributed by atoms with Crippen molar-refractivity contribution in [3.63, 3.8) is 0 Å². The second-order valence-corrected chi connectivity index (χ2v) is 7.67. The van der Waals surface area contributed by atoms with E-state index < -0.39 is 0 Å². The number of aliphatic imine (C=N–C) groups is 1. The van der Waals surface area contributed by atoms with Crippen molar-refractivity contribution < 1.29 is 13.9 Å². The summed E-state index contributed by atoms with van der Waals surface area (Å²) in [7, 11) is 5.63. The number of likely N-dealkylation sites (N-methyl/N-ethyl adjacent to an activating group) is 1. The zero-order valence-electron chi connectivity index (χ0n) is 19.3. The normalized spacial score (nSPS) is 12.4. The summed E-state index contributed by atoms with van der Waals surface area (Å²) in [6.07, 6.45) is 0.621. The number of hydrogen-bond acceptors (Lipinski definition) is 4. The van der Waals surface area contributed by atoms with Gasteiger partial charge in [0, 0.05) is 38.3 Å². The minimum atomic E-state index is -0.323. The van der Waals surface area contributed by atoms with Gasteiger partial charge < -0.3 is 25.6 Å². The van der Waals surface area contributed by atoms with Crippen molar-refractivity contribution in [2.45, 2.75) is 26.0 Å². The lowest BCUT2D eigenvalue weighted by atomic mass is 10.1. The smallest absolute Gasteiger partial charge is 0.251 e. The van der Waals surface area contributed by atoms with Crippen molar-refractivity contribution in [1.29, 1.82) is 0 Å². The third-order valence-corrected chi connectivity index (χ3v) is 4.77. The number of carbonyl (C=O) groups excluding carboxylic acids is 1. The van der Waals surface area contributed by atoms with Crippen molar-refractivity contribution in [2.75, 3.05) is 40.8 Å². The van der Waals surface area contributed by atoms with Crippen LogP contribution >= 0.6 is 0 Å². The van der Waals surface area contributed by atoms with E-state index in [0.29, 0.717) is 36.9 Å². The van der Waals surface area contributed by atoms with Gasteiger partial charge in [-0.05, 0) is 50.3 Å². The van der Waals surface area contributed by atoms with Gasteiger partial charge in [-0.3, -0.25) is 9.79 Å². The predicted molar refractivity (Wildman–Crippen MR) is 127 cm³/mol. The maximum Gasteiger partial charge on any atom is 0.251 e. The van der Waals surface area contributed by atoms with E-state index in [1.165, 1.54) is 12.1 Å².